The summed E-state index contributed by atoms with van der Waals surface area (Å²) in [6, 6.07) is 2.07. The van der Waals surface area contributed by atoms with E-state index in [0.717, 1.165) is 12.1 Å². The third-order valence-electron chi connectivity index (χ3n) is 4.50. The Labute approximate surface area is 150 Å². The second kappa shape index (κ2) is 5.57. The summed E-state index contributed by atoms with van der Waals surface area (Å²) in [5.74, 6) is -3.00. The molecule has 0 radical (unpaired) electrons. The number of anilines is 1. The minimum atomic E-state index is -3.16. The van der Waals surface area contributed by atoms with Crippen LogP contribution in [0, 0.1) is 18.2 Å². The molecule has 27 heavy (non-hydrogen) atoms. The van der Waals surface area contributed by atoms with Gasteiger partial charge >= 0.3 is 5.69 Å². The number of aromatic nitrogens is 2. The van der Waals surface area contributed by atoms with Crippen LogP contribution in [0.3, 0.4) is 0 Å². The third-order valence-corrected chi connectivity index (χ3v) is 4.50. The van der Waals surface area contributed by atoms with Gasteiger partial charge in [0.1, 0.15) is 5.75 Å². The van der Waals surface area contributed by atoms with Gasteiger partial charge in [-0.15, -0.1) is 6.42 Å². The maximum Gasteiger partial charge on any atom is 0.336 e. The number of fused-ring (bicyclic) bond motifs is 2. The molecule has 1 N–H and O–H groups in total. The number of alkyl halides is 2. The predicted molar refractivity (Wildman–Crippen MR) is 87.0 cm³/mol. The Balaban J connectivity index is 1.90. The summed E-state index contributed by atoms with van der Waals surface area (Å²) in [5, 5.41) is 10.3. The fourth-order valence-electron chi connectivity index (χ4n) is 3.31. The SMILES string of the molecule is C#CCN1C(=O)COc2cc(F)c(-n3c(O)c4n(c3=O)CC(F)(F)C4)cc21. The largest absolute Gasteiger partial charge is 0.493 e. The first-order chi connectivity index (χ1) is 12.7. The molecular weight excluding hydrogens is 367 g/mol. The minimum Gasteiger partial charge on any atom is -0.493 e. The Morgan fingerprint density at radius 1 is 1.30 bits per heavy atom. The predicted octanol–water partition coefficient (Wildman–Crippen LogP) is 1.03. The number of halogens is 3. The minimum absolute atomic E-state index is 0.0388. The molecule has 0 aliphatic carbocycles. The van der Waals surface area contributed by atoms with Gasteiger partial charge in [0.05, 0.1) is 36.6 Å². The van der Waals surface area contributed by atoms with Crippen molar-refractivity contribution >= 4 is 11.6 Å². The molecule has 3 heterocycles. The van der Waals surface area contributed by atoms with Crippen LogP contribution in [0.15, 0.2) is 16.9 Å². The van der Waals surface area contributed by atoms with Crippen molar-refractivity contribution in [3.63, 3.8) is 0 Å². The van der Waals surface area contributed by atoms with Crippen molar-refractivity contribution in [3.8, 4) is 29.7 Å². The van der Waals surface area contributed by atoms with E-state index in [-0.39, 0.29) is 30.3 Å². The highest BCUT2D eigenvalue weighted by molar-refractivity contribution is 5.98. The number of carbonyl (C=O) groups excluding carboxylic acids is 1. The molecule has 0 unspecified atom stereocenters. The summed E-state index contributed by atoms with van der Waals surface area (Å²) in [6.07, 6.45) is 4.42. The Morgan fingerprint density at radius 2 is 2.04 bits per heavy atom. The van der Waals surface area contributed by atoms with Gasteiger partial charge in [0, 0.05) is 6.07 Å². The quantitative estimate of drug-likeness (QED) is 0.791. The average molecular weight is 379 g/mol. The molecule has 1 amide bonds. The van der Waals surface area contributed by atoms with Crippen LogP contribution in [0.1, 0.15) is 5.69 Å². The summed E-state index contributed by atoms with van der Waals surface area (Å²) < 4.78 is 48.1. The first-order valence-electron chi connectivity index (χ1n) is 7.85. The first kappa shape index (κ1) is 17.1. The molecule has 1 aromatic heterocycles. The smallest absolute Gasteiger partial charge is 0.336 e. The fraction of sp³-hybridized carbons (Fsp3) is 0.294. The van der Waals surface area contributed by atoms with Gasteiger partial charge in [-0.25, -0.2) is 22.5 Å². The molecule has 2 aliphatic heterocycles. The van der Waals surface area contributed by atoms with Crippen molar-refractivity contribution in [2.24, 2.45) is 0 Å². The van der Waals surface area contributed by atoms with E-state index in [4.69, 9.17) is 11.2 Å². The number of amides is 1. The highest BCUT2D eigenvalue weighted by Crippen LogP contribution is 2.38. The number of imidazole rings is 1. The van der Waals surface area contributed by atoms with Crippen molar-refractivity contribution < 1.29 is 27.8 Å². The maximum absolute atomic E-state index is 14.6. The second-order valence-corrected chi connectivity index (χ2v) is 6.25. The van der Waals surface area contributed by atoms with Gasteiger partial charge in [0.15, 0.2) is 12.4 Å². The Hall–Kier alpha value is -3.35. The Kier molecular flexibility index (Phi) is 3.53. The van der Waals surface area contributed by atoms with Crippen LogP contribution in [-0.4, -0.2) is 39.2 Å². The number of terminal acetylenes is 1. The summed E-state index contributed by atoms with van der Waals surface area (Å²) >= 11 is 0. The summed E-state index contributed by atoms with van der Waals surface area (Å²) in [5.41, 5.74) is -1.58. The molecule has 2 aliphatic rings. The normalized spacial score (nSPS) is 17.3. The molecule has 2 aromatic rings. The summed E-state index contributed by atoms with van der Waals surface area (Å²) in [7, 11) is 0. The van der Waals surface area contributed by atoms with E-state index in [1.54, 1.807) is 0 Å². The zero-order chi connectivity index (χ0) is 19.5. The molecular formula is C17H12F3N3O4. The highest BCUT2D eigenvalue weighted by Gasteiger charge is 2.43. The van der Waals surface area contributed by atoms with Gasteiger partial charge in [-0.2, -0.15) is 0 Å². The lowest BCUT2D eigenvalue weighted by Crippen LogP contribution is -2.39. The number of ether oxygens (including phenoxy) is 1. The van der Waals surface area contributed by atoms with Gasteiger partial charge in [0.2, 0.25) is 5.88 Å². The summed E-state index contributed by atoms with van der Waals surface area (Å²) in [6.45, 7) is -1.34. The van der Waals surface area contributed by atoms with Crippen molar-refractivity contribution in [2.75, 3.05) is 18.1 Å². The van der Waals surface area contributed by atoms with Gasteiger partial charge in [-0.1, -0.05) is 5.92 Å². The molecule has 10 heteroatoms. The van der Waals surface area contributed by atoms with Crippen molar-refractivity contribution in [1.29, 1.82) is 0 Å². The van der Waals surface area contributed by atoms with Gasteiger partial charge < -0.3 is 9.84 Å². The summed E-state index contributed by atoms with van der Waals surface area (Å²) in [4.78, 5) is 25.7. The lowest BCUT2D eigenvalue weighted by Gasteiger charge is -2.28. The lowest BCUT2D eigenvalue weighted by atomic mass is 10.2. The van der Waals surface area contributed by atoms with Crippen LogP contribution in [0.25, 0.3) is 5.69 Å². The molecule has 0 saturated heterocycles. The molecule has 0 spiro atoms. The number of hydrogen-bond donors (Lipinski definition) is 1. The van der Waals surface area contributed by atoms with Crippen molar-refractivity contribution in [1.82, 2.24) is 9.13 Å². The van der Waals surface area contributed by atoms with Crippen LogP contribution in [-0.2, 0) is 17.8 Å². The van der Waals surface area contributed by atoms with E-state index in [0.29, 0.717) is 9.13 Å². The number of carbonyl (C=O) groups is 1. The monoisotopic (exact) mass is 379 g/mol. The molecule has 7 nitrogen and oxygen atoms in total. The molecule has 140 valence electrons. The number of nitrogens with zero attached hydrogens (tertiary/aromatic N) is 3. The standard InChI is InChI=1S/C17H12F3N3O4/c1-2-3-21-11-5-10(9(18)4-13(11)27-7-14(21)24)23-15(25)12-6-17(19,20)8-22(12)16(23)26/h1,4-5,25H,3,6-8H2. The van der Waals surface area contributed by atoms with Gasteiger partial charge in [-0.3, -0.25) is 14.3 Å². The number of aromatic hydroxyl groups is 1. The maximum atomic E-state index is 14.6. The molecule has 0 fully saturated rings. The number of hydrogen-bond acceptors (Lipinski definition) is 4. The molecule has 0 bridgehead atoms. The lowest BCUT2D eigenvalue weighted by molar-refractivity contribution is -0.121. The van der Waals surface area contributed by atoms with E-state index in [2.05, 4.69) is 5.92 Å². The van der Waals surface area contributed by atoms with Gasteiger partial charge in [-0.05, 0) is 6.07 Å². The van der Waals surface area contributed by atoms with Crippen LogP contribution in [0.5, 0.6) is 11.6 Å². The van der Waals surface area contributed by atoms with Gasteiger partial charge in [0.25, 0.3) is 11.8 Å². The zero-order valence-corrected chi connectivity index (χ0v) is 13.7. The molecule has 1 aromatic carbocycles. The van der Waals surface area contributed by atoms with Crippen LogP contribution >= 0.6 is 0 Å². The number of benzene rings is 1. The van der Waals surface area contributed by atoms with E-state index in [9.17, 15) is 27.9 Å². The number of rotatable bonds is 2. The second-order valence-electron chi connectivity index (χ2n) is 6.25. The fourth-order valence-corrected chi connectivity index (χ4v) is 3.31. The first-order valence-corrected chi connectivity index (χ1v) is 7.85. The van der Waals surface area contributed by atoms with Crippen molar-refractivity contribution in [2.45, 2.75) is 18.9 Å². The third kappa shape index (κ3) is 2.46. The van der Waals surface area contributed by atoms with E-state index in [1.165, 1.54) is 4.90 Å². The highest BCUT2D eigenvalue weighted by atomic mass is 19.3. The molecule has 4 rings (SSSR count). The van der Waals surface area contributed by atoms with Crippen molar-refractivity contribution in [3.05, 3.63) is 34.1 Å². The van der Waals surface area contributed by atoms with E-state index in [1.807, 2.05) is 0 Å². The van der Waals surface area contributed by atoms with E-state index < -0.39 is 47.9 Å². The van der Waals surface area contributed by atoms with E-state index >= 15 is 0 Å². The van der Waals surface area contributed by atoms with Crippen LogP contribution in [0.2, 0.25) is 0 Å². The zero-order valence-electron chi connectivity index (χ0n) is 13.7. The Bertz CT molecular complexity index is 1080. The Morgan fingerprint density at radius 3 is 2.70 bits per heavy atom. The van der Waals surface area contributed by atoms with Crippen LogP contribution < -0.4 is 15.3 Å². The topological polar surface area (TPSA) is 76.7 Å². The molecule has 0 atom stereocenters. The average Bonchev–Trinajstić information content (AvgIpc) is 3.03. The molecule has 0 saturated carbocycles. The van der Waals surface area contributed by atoms with Crippen LogP contribution in [0.4, 0.5) is 18.9 Å².